The Morgan fingerprint density at radius 1 is 1.33 bits per heavy atom. The molecule has 1 aromatic carbocycles. The molecular weight excluding hydrogens is 262 g/mol. The van der Waals surface area contributed by atoms with Crippen molar-refractivity contribution in [1.82, 2.24) is 5.32 Å². The molecule has 0 heterocycles. The number of hydrogen-bond donors (Lipinski definition) is 3. The lowest BCUT2D eigenvalue weighted by molar-refractivity contribution is -0.117. The quantitative estimate of drug-likeness (QED) is 0.687. The fourth-order valence-corrected chi connectivity index (χ4v) is 1.52. The number of nitrogen functional groups attached to an aromatic ring is 1. The van der Waals surface area contributed by atoms with E-state index in [-0.39, 0.29) is 12.5 Å². The molecule has 0 radical (unpaired) electrons. The standard InChI is InChI=1S/C9H10BrN3O2/c10-6-1-5(2-7(11)3-6)9(15)13-4-8(12)14/h1-3H,4,11H2,(H2,12,14)(H,13,15). The van der Waals surface area contributed by atoms with E-state index in [1.54, 1.807) is 12.1 Å². The zero-order valence-electron chi connectivity index (χ0n) is 7.79. The third-order valence-electron chi connectivity index (χ3n) is 1.61. The van der Waals surface area contributed by atoms with Gasteiger partial charge in [0, 0.05) is 15.7 Å². The molecule has 5 nitrogen and oxygen atoms in total. The van der Waals surface area contributed by atoms with Crippen molar-refractivity contribution in [3.05, 3.63) is 28.2 Å². The molecule has 0 fully saturated rings. The molecule has 0 aliphatic carbocycles. The number of carbonyl (C=O) groups is 2. The SMILES string of the molecule is NC(=O)CNC(=O)c1cc(N)cc(Br)c1. The summed E-state index contributed by atoms with van der Waals surface area (Å²) in [5.74, 6) is -0.979. The van der Waals surface area contributed by atoms with Gasteiger partial charge in [-0.05, 0) is 18.2 Å². The Labute approximate surface area is 94.9 Å². The predicted molar refractivity (Wildman–Crippen MR) is 60.1 cm³/mol. The normalized spacial score (nSPS) is 9.67. The van der Waals surface area contributed by atoms with Gasteiger partial charge in [-0.15, -0.1) is 0 Å². The second-order valence-corrected chi connectivity index (χ2v) is 3.84. The number of amides is 2. The molecule has 0 saturated heterocycles. The van der Waals surface area contributed by atoms with Crippen LogP contribution in [-0.2, 0) is 4.79 Å². The van der Waals surface area contributed by atoms with Crippen LogP contribution in [0.5, 0.6) is 0 Å². The molecule has 0 aromatic heterocycles. The van der Waals surface area contributed by atoms with Crippen LogP contribution in [0.15, 0.2) is 22.7 Å². The number of benzene rings is 1. The van der Waals surface area contributed by atoms with Crippen LogP contribution in [0.25, 0.3) is 0 Å². The number of anilines is 1. The maximum atomic E-state index is 11.5. The van der Waals surface area contributed by atoms with Crippen molar-refractivity contribution < 1.29 is 9.59 Å². The molecule has 15 heavy (non-hydrogen) atoms. The van der Waals surface area contributed by atoms with E-state index in [4.69, 9.17) is 11.5 Å². The molecule has 2 amide bonds. The number of rotatable bonds is 3. The van der Waals surface area contributed by atoms with Crippen molar-refractivity contribution in [3.63, 3.8) is 0 Å². The van der Waals surface area contributed by atoms with Crippen LogP contribution in [0.3, 0.4) is 0 Å². The summed E-state index contributed by atoms with van der Waals surface area (Å²) in [4.78, 5) is 21.9. The molecule has 5 N–H and O–H groups in total. The third-order valence-corrected chi connectivity index (χ3v) is 2.06. The molecule has 0 atom stereocenters. The lowest BCUT2D eigenvalue weighted by atomic mass is 10.2. The largest absolute Gasteiger partial charge is 0.399 e. The molecule has 0 saturated carbocycles. The average Bonchev–Trinajstić information content (AvgIpc) is 2.12. The van der Waals surface area contributed by atoms with Gasteiger partial charge in [-0.25, -0.2) is 0 Å². The topological polar surface area (TPSA) is 98.2 Å². The van der Waals surface area contributed by atoms with Crippen molar-refractivity contribution in [2.45, 2.75) is 0 Å². The van der Waals surface area contributed by atoms with Gasteiger partial charge in [-0.3, -0.25) is 9.59 Å². The highest BCUT2D eigenvalue weighted by Crippen LogP contribution is 2.16. The van der Waals surface area contributed by atoms with Crippen LogP contribution in [0.2, 0.25) is 0 Å². The third kappa shape index (κ3) is 3.59. The predicted octanol–water partition coefficient (Wildman–Crippen LogP) is 0.246. The number of hydrogen-bond acceptors (Lipinski definition) is 3. The summed E-state index contributed by atoms with van der Waals surface area (Å²) in [6, 6.07) is 4.79. The van der Waals surface area contributed by atoms with E-state index in [9.17, 15) is 9.59 Å². The van der Waals surface area contributed by atoms with E-state index < -0.39 is 5.91 Å². The summed E-state index contributed by atoms with van der Waals surface area (Å²) in [6.07, 6.45) is 0. The van der Waals surface area contributed by atoms with Gasteiger partial charge in [-0.2, -0.15) is 0 Å². The highest BCUT2D eigenvalue weighted by atomic mass is 79.9. The van der Waals surface area contributed by atoms with Crippen LogP contribution in [0, 0.1) is 0 Å². The molecule has 0 bridgehead atoms. The number of nitrogens with two attached hydrogens (primary N) is 2. The van der Waals surface area contributed by atoms with Gasteiger partial charge in [0.05, 0.1) is 6.54 Å². The van der Waals surface area contributed by atoms with E-state index in [1.165, 1.54) is 6.07 Å². The van der Waals surface area contributed by atoms with E-state index in [0.29, 0.717) is 15.7 Å². The summed E-state index contributed by atoms with van der Waals surface area (Å²) < 4.78 is 0.701. The first-order valence-electron chi connectivity index (χ1n) is 4.11. The Morgan fingerprint density at radius 2 is 2.00 bits per heavy atom. The van der Waals surface area contributed by atoms with Gasteiger partial charge in [0.25, 0.3) is 5.91 Å². The van der Waals surface area contributed by atoms with E-state index in [1.807, 2.05) is 0 Å². The lowest BCUT2D eigenvalue weighted by Gasteiger charge is -2.04. The minimum atomic E-state index is -0.591. The van der Waals surface area contributed by atoms with Gasteiger partial charge < -0.3 is 16.8 Å². The summed E-state index contributed by atoms with van der Waals surface area (Å²) in [5.41, 5.74) is 11.3. The highest BCUT2D eigenvalue weighted by molar-refractivity contribution is 9.10. The van der Waals surface area contributed by atoms with Crippen molar-refractivity contribution in [2.75, 3.05) is 12.3 Å². The maximum Gasteiger partial charge on any atom is 0.251 e. The zero-order chi connectivity index (χ0) is 11.4. The number of halogens is 1. The van der Waals surface area contributed by atoms with Crippen LogP contribution in [0.4, 0.5) is 5.69 Å². The van der Waals surface area contributed by atoms with Gasteiger partial charge in [0.1, 0.15) is 0 Å². The molecule has 6 heteroatoms. The fourth-order valence-electron chi connectivity index (χ4n) is 1.01. The summed E-state index contributed by atoms with van der Waals surface area (Å²) in [6.45, 7) is -0.189. The van der Waals surface area contributed by atoms with Crippen LogP contribution in [-0.4, -0.2) is 18.4 Å². The maximum absolute atomic E-state index is 11.5. The van der Waals surface area contributed by atoms with E-state index in [0.717, 1.165) is 0 Å². The first-order chi connectivity index (χ1) is 6.99. The molecule has 0 aliphatic rings. The Kier molecular flexibility index (Phi) is 3.68. The minimum absolute atomic E-state index is 0.189. The number of nitrogens with one attached hydrogen (secondary N) is 1. The molecule has 1 aromatic rings. The van der Waals surface area contributed by atoms with Crippen LogP contribution < -0.4 is 16.8 Å². The first-order valence-corrected chi connectivity index (χ1v) is 4.91. The van der Waals surface area contributed by atoms with E-state index in [2.05, 4.69) is 21.2 Å². The van der Waals surface area contributed by atoms with Crippen LogP contribution in [0.1, 0.15) is 10.4 Å². The second-order valence-electron chi connectivity index (χ2n) is 2.92. The summed E-state index contributed by atoms with van der Waals surface area (Å²) >= 11 is 3.21. The van der Waals surface area contributed by atoms with Crippen molar-refractivity contribution in [3.8, 4) is 0 Å². The molecule has 0 unspecified atom stereocenters. The smallest absolute Gasteiger partial charge is 0.251 e. The average molecular weight is 272 g/mol. The van der Waals surface area contributed by atoms with Gasteiger partial charge in [-0.1, -0.05) is 15.9 Å². The molecule has 1 rings (SSSR count). The molecular formula is C9H10BrN3O2. The molecule has 0 aliphatic heterocycles. The monoisotopic (exact) mass is 271 g/mol. The number of primary amides is 1. The van der Waals surface area contributed by atoms with Gasteiger partial charge >= 0.3 is 0 Å². The summed E-state index contributed by atoms with van der Waals surface area (Å²) in [5, 5.41) is 2.36. The van der Waals surface area contributed by atoms with Crippen molar-refractivity contribution >= 4 is 33.4 Å². The van der Waals surface area contributed by atoms with Crippen molar-refractivity contribution in [1.29, 1.82) is 0 Å². The summed E-state index contributed by atoms with van der Waals surface area (Å²) in [7, 11) is 0. The Hall–Kier alpha value is -1.56. The van der Waals surface area contributed by atoms with E-state index >= 15 is 0 Å². The fraction of sp³-hybridized carbons (Fsp3) is 0.111. The zero-order valence-corrected chi connectivity index (χ0v) is 9.37. The number of carbonyl (C=O) groups excluding carboxylic acids is 2. The first kappa shape index (κ1) is 11.5. The van der Waals surface area contributed by atoms with Crippen LogP contribution >= 0.6 is 15.9 Å². The Bertz CT molecular complexity index is 386. The second kappa shape index (κ2) is 4.79. The molecule has 0 spiro atoms. The minimum Gasteiger partial charge on any atom is -0.399 e. The van der Waals surface area contributed by atoms with Crippen molar-refractivity contribution in [2.24, 2.45) is 5.73 Å². The highest BCUT2D eigenvalue weighted by Gasteiger charge is 2.07. The lowest BCUT2D eigenvalue weighted by Crippen LogP contribution is -2.33. The Balaban J connectivity index is 2.77. The Morgan fingerprint density at radius 3 is 2.53 bits per heavy atom. The van der Waals surface area contributed by atoms with Gasteiger partial charge in [0.15, 0.2) is 0 Å². The van der Waals surface area contributed by atoms with Gasteiger partial charge in [0.2, 0.25) is 5.91 Å². The molecule has 80 valence electrons.